The minimum atomic E-state index is -0.161. The van der Waals surface area contributed by atoms with E-state index in [1.165, 1.54) is 44.9 Å². The van der Waals surface area contributed by atoms with Crippen LogP contribution in [0.25, 0.3) is 10.8 Å². The molecule has 0 saturated carbocycles. The summed E-state index contributed by atoms with van der Waals surface area (Å²) in [5.41, 5.74) is 0. The second kappa shape index (κ2) is 11.2. The van der Waals surface area contributed by atoms with Crippen LogP contribution in [0.1, 0.15) is 58.3 Å². The van der Waals surface area contributed by atoms with Gasteiger partial charge in [-0.2, -0.15) is 0 Å². The highest BCUT2D eigenvalue weighted by atomic mass is 16.5. The van der Waals surface area contributed by atoms with E-state index in [2.05, 4.69) is 31.3 Å². The summed E-state index contributed by atoms with van der Waals surface area (Å²) in [5, 5.41) is 2.07. The topological polar surface area (TPSA) is 29.5 Å². The van der Waals surface area contributed by atoms with Crippen molar-refractivity contribution in [3.05, 3.63) is 54.9 Å². The number of quaternary nitrogens is 1. The lowest BCUT2D eigenvalue weighted by Gasteiger charge is -2.31. The molecule has 0 saturated heterocycles. The summed E-state index contributed by atoms with van der Waals surface area (Å²) in [7, 11) is 2.07. The molecule has 0 aromatic heterocycles. The first-order valence-corrected chi connectivity index (χ1v) is 11.6. The SMILES string of the molecule is CCCCCCCCCC[N+]1(CC(=O)Oc2cccc3ccccc23)C=CN(C)C1. The van der Waals surface area contributed by atoms with Crippen molar-refractivity contribution in [1.82, 2.24) is 4.90 Å². The second-order valence-electron chi connectivity index (χ2n) is 8.72. The number of nitrogens with zero attached hydrogens (tertiary/aromatic N) is 2. The van der Waals surface area contributed by atoms with Crippen molar-refractivity contribution in [3.63, 3.8) is 0 Å². The number of carbonyl (C=O) groups excluding carboxylic acids is 1. The molecule has 0 spiro atoms. The van der Waals surface area contributed by atoms with Crippen molar-refractivity contribution in [1.29, 1.82) is 0 Å². The third-order valence-electron chi connectivity index (χ3n) is 6.02. The maximum absolute atomic E-state index is 12.9. The zero-order chi connectivity index (χ0) is 21.2. The van der Waals surface area contributed by atoms with E-state index in [1.807, 2.05) is 42.5 Å². The first kappa shape index (κ1) is 22.4. The predicted molar refractivity (Wildman–Crippen MR) is 124 cm³/mol. The minimum Gasteiger partial charge on any atom is -0.422 e. The fourth-order valence-corrected chi connectivity index (χ4v) is 4.38. The summed E-state index contributed by atoms with van der Waals surface area (Å²) < 4.78 is 6.49. The number of ether oxygens (including phenoxy) is 1. The Morgan fingerprint density at radius 3 is 2.40 bits per heavy atom. The lowest BCUT2D eigenvalue weighted by Crippen LogP contribution is -2.49. The first-order valence-electron chi connectivity index (χ1n) is 11.6. The molecule has 0 radical (unpaired) electrons. The molecule has 0 aliphatic carbocycles. The fourth-order valence-electron chi connectivity index (χ4n) is 4.38. The summed E-state index contributed by atoms with van der Waals surface area (Å²) in [6.07, 6.45) is 14.7. The molecule has 0 fully saturated rings. The van der Waals surface area contributed by atoms with E-state index >= 15 is 0 Å². The van der Waals surface area contributed by atoms with Gasteiger partial charge in [0.15, 0.2) is 13.2 Å². The summed E-state index contributed by atoms with van der Waals surface area (Å²) >= 11 is 0. The van der Waals surface area contributed by atoms with Crippen LogP contribution in [0, 0.1) is 0 Å². The number of esters is 1. The van der Waals surface area contributed by atoms with E-state index < -0.39 is 0 Å². The number of fused-ring (bicyclic) bond motifs is 1. The predicted octanol–water partition coefficient (Wildman–Crippen LogP) is 6.08. The van der Waals surface area contributed by atoms with Gasteiger partial charge in [0.25, 0.3) is 0 Å². The van der Waals surface area contributed by atoms with Crippen LogP contribution in [0.15, 0.2) is 54.9 Å². The monoisotopic (exact) mass is 409 g/mol. The van der Waals surface area contributed by atoms with Gasteiger partial charge in [0.05, 0.1) is 12.7 Å². The maximum Gasteiger partial charge on any atom is 0.367 e. The third kappa shape index (κ3) is 6.33. The number of hydrogen-bond donors (Lipinski definition) is 0. The van der Waals surface area contributed by atoms with E-state index in [1.54, 1.807) is 0 Å². The van der Waals surface area contributed by atoms with Crippen molar-refractivity contribution < 1.29 is 14.0 Å². The van der Waals surface area contributed by atoms with Gasteiger partial charge in [-0.15, -0.1) is 0 Å². The standard InChI is InChI=1S/C26H37N2O2/c1-3-4-5-6-7-8-9-12-19-28(20-18-27(2)22-28)21-26(29)30-25-17-13-15-23-14-10-11-16-24(23)25/h10-11,13-18,20H,3-9,12,19,21-22H2,1-2H3/q+1. The number of unbranched alkanes of at least 4 members (excludes halogenated alkanes) is 7. The van der Waals surface area contributed by atoms with Crippen LogP contribution in [0.2, 0.25) is 0 Å². The Morgan fingerprint density at radius 1 is 0.967 bits per heavy atom. The first-order chi connectivity index (χ1) is 14.6. The number of benzene rings is 2. The normalized spacial score (nSPS) is 18.3. The highest BCUT2D eigenvalue weighted by molar-refractivity contribution is 5.90. The smallest absolute Gasteiger partial charge is 0.367 e. The van der Waals surface area contributed by atoms with Crippen molar-refractivity contribution in [2.24, 2.45) is 0 Å². The van der Waals surface area contributed by atoms with Crippen LogP contribution >= 0.6 is 0 Å². The highest BCUT2D eigenvalue weighted by Crippen LogP contribution is 2.26. The maximum atomic E-state index is 12.9. The van der Waals surface area contributed by atoms with Gasteiger partial charge in [-0.3, -0.25) is 4.48 Å². The Balaban J connectivity index is 1.53. The largest absolute Gasteiger partial charge is 0.422 e. The van der Waals surface area contributed by atoms with E-state index in [4.69, 9.17) is 4.74 Å². The van der Waals surface area contributed by atoms with Gasteiger partial charge < -0.3 is 9.64 Å². The van der Waals surface area contributed by atoms with E-state index in [0.29, 0.717) is 16.8 Å². The van der Waals surface area contributed by atoms with E-state index in [0.717, 1.165) is 30.4 Å². The molecule has 4 heteroatoms. The van der Waals surface area contributed by atoms with Gasteiger partial charge in [-0.25, -0.2) is 4.79 Å². The molecular formula is C26H37N2O2+. The van der Waals surface area contributed by atoms with Gasteiger partial charge >= 0.3 is 5.97 Å². The average Bonchev–Trinajstić information content (AvgIpc) is 3.10. The third-order valence-corrected chi connectivity index (χ3v) is 6.02. The van der Waals surface area contributed by atoms with Crippen LogP contribution in [0.3, 0.4) is 0 Å². The molecule has 162 valence electrons. The van der Waals surface area contributed by atoms with Gasteiger partial charge in [0.2, 0.25) is 0 Å². The Bertz CT molecular complexity index is 843. The van der Waals surface area contributed by atoms with Crippen molar-refractivity contribution >= 4 is 16.7 Å². The molecule has 1 aliphatic rings. The second-order valence-corrected chi connectivity index (χ2v) is 8.72. The molecule has 1 unspecified atom stereocenters. The molecule has 0 amide bonds. The molecule has 4 nitrogen and oxygen atoms in total. The quantitative estimate of drug-likeness (QED) is 0.184. The van der Waals surface area contributed by atoms with Crippen molar-refractivity contribution in [2.75, 3.05) is 26.8 Å². The van der Waals surface area contributed by atoms with Gasteiger partial charge in [0.1, 0.15) is 11.9 Å². The van der Waals surface area contributed by atoms with Crippen LogP contribution < -0.4 is 4.74 Å². The zero-order valence-electron chi connectivity index (χ0n) is 18.7. The molecule has 2 aromatic carbocycles. The van der Waals surface area contributed by atoms with Gasteiger partial charge in [-0.05, 0) is 24.3 Å². The van der Waals surface area contributed by atoms with Crippen LogP contribution in [0.4, 0.5) is 0 Å². The minimum absolute atomic E-state index is 0.161. The zero-order valence-corrected chi connectivity index (χ0v) is 18.7. The Labute approximate surface area is 181 Å². The lowest BCUT2D eigenvalue weighted by atomic mass is 10.1. The number of rotatable bonds is 12. The summed E-state index contributed by atoms with van der Waals surface area (Å²) in [6, 6.07) is 13.9. The Morgan fingerprint density at radius 2 is 1.67 bits per heavy atom. The summed E-state index contributed by atoms with van der Waals surface area (Å²) in [6.45, 7) is 4.46. The van der Waals surface area contributed by atoms with E-state index in [9.17, 15) is 4.79 Å². The fraction of sp³-hybridized carbons (Fsp3) is 0.500. The molecule has 0 bridgehead atoms. The molecule has 0 N–H and O–H groups in total. The molecule has 1 aliphatic heterocycles. The van der Waals surface area contributed by atoms with Crippen LogP contribution in [-0.2, 0) is 4.79 Å². The average molecular weight is 410 g/mol. The number of hydrogen-bond acceptors (Lipinski definition) is 3. The van der Waals surface area contributed by atoms with Crippen molar-refractivity contribution in [2.45, 2.75) is 58.3 Å². The number of carbonyl (C=O) groups is 1. The molecule has 1 atom stereocenters. The summed E-state index contributed by atoms with van der Waals surface area (Å²) in [5.74, 6) is 0.491. The van der Waals surface area contributed by atoms with Crippen LogP contribution in [-0.4, -0.2) is 42.2 Å². The molecular weight excluding hydrogens is 372 g/mol. The molecule has 30 heavy (non-hydrogen) atoms. The van der Waals surface area contributed by atoms with Crippen molar-refractivity contribution in [3.8, 4) is 5.75 Å². The Kier molecular flexibility index (Phi) is 8.32. The van der Waals surface area contributed by atoms with E-state index in [-0.39, 0.29) is 5.97 Å². The van der Waals surface area contributed by atoms with Crippen LogP contribution in [0.5, 0.6) is 5.75 Å². The highest BCUT2D eigenvalue weighted by Gasteiger charge is 2.34. The van der Waals surface area contributed by atoms with Gasteiger partial charge in [-0.1, -0.05) is 81.8 Å². The Hall–Kier alpha value is -2.33. The summed E-state index contributed by atoms with van der Waals surface area (Å²) in [4.78, 5) is 15.0. The molecule has 3 rings (SSSR count). The lowest BCUT2D eigenvalue weighted by molar-refractivity contribution is -0.874. The molecule has 2 aromatic rings. The van der Waals surface area contributed by atoms with Gasteiger partial charge in [0, 0.05) is 12.4 Å². The molecule has 1 heterocycles.